The van der Waals surface area contributed by atoms with Crippen molar-refractivity contribution >= 4 is 40.6 Å². The Morgan fingerprint density at radius 2 is 1.80 bits per heavy atom. The molecule has 1 aromatic heterocycles. The average molecular weight is 459 g/mol. The Bertz CT molecular complexity index is 1040. The van der Waals surface area contributed by atoms with Crippen LogP contribution in [0, 0.1) is 0 Å². The van der Waals surface area contributed by atoms with Gasteiger partial charge in [-0.15, -0.1) is 5.10 Å². The van der Waals surface area contributed by atoms with E-state index in [0.717, 1.165) is 39.8 Å². The number of amides is 1. The third kappa shape index (κ3) is 5.76. The van der Waals surface area contributed by atoms with Gasteiger partial charge < -0.3 is 4.57 Å². The van der Waals surface area contributed by atoms with Gasteiger partial charge in [-0.1, -0.05) is 65.4 Å². The minimum absolute atomic E-state index is 0.0744. The molecule has 0 atom stereocenters. The number of benzene rings is 2. The molecular weight excluding hydrogens is 436 g/mol. The molecule has 8 heteroatoms. The summed E-state index contributed by atoms with van der Waals surface area (Å²) < 4.78 is 2.07. The molecule has 1 fully saturated rings. The lowest BCUT2D eigenvalue weighted by Crippen LogP contribution is -2.40. The summed E-state index contributed by atoms with van der Waals surface area (Å²) in [4.78, 5) is 16.4. The number of hydrogen-bond donors (Lipinski definition) is 1. The second kappa shape index (κ2) is 10.3. The summed E-state index contributed by atoms with van der Waals surface area (Å²) in [6.07, 6.45) is 2.08. The highest BCUT2D eigenvalue weighted by Crippen LogP contribution is 2.24. The van der Waals surface area contributed by atoms with Crippen molar-refractivity contribution in [1.29, 1.82) is 0 Å². The van der Waals surface area contributed by atoms with Crippen LogP contribution in [-0.4, -0.2) is 46.5 Å². The van der Waals surface area contributed by atoms with Crippen molar-refractivity contribution in [3.63, 3.8) is 0 Å². The first-order valence-electron chi connectivity index (χ1n) is 9.80. The van der Waals surface area contributed by atoms with Gasteiger partial charge in [-0.2, -0.15) is 11.8 Å². The van der Waals surface area contributed by atoms with Crippen LogP contribution < -0.4 is 10.2 Å². The molecule has 0 spiro atoms. The van der Waals surface area contributed by atoms with Crippen molar-refractivity contribution < 1.29 is 4.79 Å². The van der Waals surface area contributed by atoms with Gasteiger partial charge in [0.05, 0.1) is 11.4 Å². The molecule has 1 aliphatic rings. The van der Waals surface area contributed by atoms with Crippen LogP contribution in [0.2, 0.25) is 5.02 Å². The summed E-state index contributed by atoms with van der Waals surface area (Å²) in [5, 5.41) is 5.16. The fraction of sp³-hybridized carbons (Fsp3) is 0.273. The monoisotopic (exact) mass is 458 g/mol. The summed E-state index contributed by atoms with van der Waals surface area (Å²) in [6.45, 7) is 2.97. The first-order chi connectivity index (χ1) is 14.7. The maximum Gasteiger partial charge on any atom is 0.254 e. The van der Waals surface area contributed by atoms with Crippen molar-refractivity contribution in [1.82, 2.24) is 14.9 Å². The Labute approximate surface area is 189 Å². The minimum Gasteiger partial charge on any atom is -0.317 e. The lowest BCUT2D eigenvalue weighted by molar-refractivity contribution is -0.122. The molecule has 0 radical (unpaired) electrons. The number of halogens is 1. The zero-order chi connectivity index (χ0) is 20.8. The van der Waals surface area contributed by atoms with Crippen molar-refractivity contribution in [2.24, 2.45) is 5.10 Å². The Balaban J connectivity index is 1.56. The number of thiazole rings is 1. The SMILES string of the molecule is O=C(CN1CCSCC1)N/N=c1/sc(-c2ccc(Cl)cc2)cn1Cc1ccccc1. The standard InChI is InChI=1S/C22H23ClN4OS2/c23-19-8-6-18(7-9-19)20-15-27(14-17-4-2-1-3-5-17)22(30-20)25-24-21(28)16-26-10-12-29-13-11-26/h1-9,15H,10-14,16H2,(H,24,28)/b25-22+. The minimum atomic E-state index is -0.0744. The Morgan fingerprint density at radius 3 is 2.53 bits per heavy atom. The lowest BCUT2D eigenvalue weighted by atomic mass is 10.2. The smallest absolute Gasteiger partial charge is 0.254 e. The van der Waals surface area contributed by atoms with Crippen LogP contribution in [0.25, 0.3) is 10.4 Å². The maximum absolute atomic E-state index is 12.4. The summed E-state index contributed by atoms with van der Waals surface area (Å²) in [5.74, 6) is 2.09. The molecule has 4 rings (SSSR count). The predicted octanol–water partition coefficient (Wildman–Crippen LogP) is 3.90. The maximum atomic E-state index is 12.4. The summed E-state index contributed by atoms with van der Waals surface area (Å²) in [7, 11) is 0. The molecule has 0 aliphatic carbocycles. The fourth-order valence-electron chi connectivity index (χ4n) is 3.22. The van der Waals surface area contributed by atoms with E-state index in [9.17, 15) is 4.79 Å². The highest BCUT2D eigenvalue weighted by atomic mass is 35.5. The molecule has 5 nitrogen and oxygen atoms in total. The van der Waals surface area contributed by atoms with Crippen molar-refractivity contribution in [2.75, 3.05) is 31.1 Å². The second-order valence-electron chi connectivity index (χ2n) is 7.03. The average Bonchev–Trinajstić information content (AvgIpc) is 3.17. The van der Waals surface area contributed by atoms with Gasteiger partial charge in [0.1, 0.15) is 0 Å². The number of carbonyl (C=O) groups is 1. The number of nitrogens with zero attached hydrogens (tertiary/aromatic N) is 3. The number of thioether (sulfide) groups is 1. The Morgan fingerprint density at radius 1 is 1.07 bits per heavy atom. The van der Waals surface area contributed by atoms with Crippen LogP contribution in [0.3, 0.4) is 0 Å². The molecule has 2 aromatic carbocycles. The van der Waals surface area contributed by atoms with Crippen LogP contribution >= 0.6 is 34.7 Å². The molecule has 1 amide bonds. The van der Waals surface area contributed by atoms with E-state index in [0.29, 0.717) is 18.1 Å². The van der Waals surface area contributed by atoms with Gasteiger partial charge in [-0.3, -0.25) is 9.69 Å². The van der Waals surface area contributed by atoms with Gasteiger partial charge in [0.25, 0.3) is 5.91 Å². The summed E-state index contributed by atoms with van der Waals surface area (Å²) in [5.41, 5.74) is 5.00. The molecule has 0 unspecified atom stereocenters. The van der Waals surface area contributed by atoms with E-state index in [1.54, 1.807) is 11.3 Å². The van der Waals surface area contributed by atoms with E-state index in [-0.39, 0.29) is 5.91 Å². The van der Waals surface area contributed by atoms with Gasteiger partial charge in [0.2, 0.25) is 4.80 Å². The molecule has 1 aliphatic heterocycles. The topological polar surface area (TPSA) is 49.6 Å². The van der Waals surface area contributed by atoms with E-state index >= 15 is 0 Å². The van der Waals surface area contributed by atoms with Gasteiger partial charge in [0, 0.05) is 42.4 Å². The van der Waals surface area contributed by atoms with E-state index in [4.69, 9.17) is 11.6 Å². The number of hydrogen-bond acceptors (Lipinski definition) is 5. The highest BCUT2D eigenvalue weighted by molar-refractivity contribution is 7.99. The number of carbonyl (C=O) groups excluding carboxylic acids is 1. The number of nitrogens with one attached hydrogen (secondary N) is 1. The molecule has 156 valence electrons. The second-order valence-corrected chi connectivity index (χ2v) is 9.70. The van der Waals surface area contributed by atoms with Crippen LogP contribution in [0.1, 0.15) is 5.56 Å². The van der Waals surface area contributed by atoms with Crippen molar-refractivity contribution in [2.45, 2.75) is 6.54 Å². The molecule has 30 heavy (non-hydrogen) atoms. The predicted molar refractivity (Wildman–Crippen MR) is 126 cm³/mol. The van der Waals surface area contributed by atoms with Gasteiger partial charge >= 0.3 is 0 Å². The van der Waals surface area contributed by atoms with Crippen LogP contribution in [0.15, 0.2) is 65.9 Å². The summed E-state index contributed by atoms with van der Waals surface area (Å²) in [6, 6.07) is 18.0. The Kier molecular flexibility index (Phi) is 7.28. The lowest BCUT2D eigenvalue weighted by Gasteiger charge is -2.24. The van der Waals surface area contributed by atoms with Crippen LogP contribution in [0.5, 0.6) is 0 Å². The molecule has 1 N–H and O–H groups in total. The third-order valence-corrected chi connectivity index (χ3v) is 7.06. The van der Waals surface area contributed by atoms with Gasteiger partial charge in [0.15, 0.2) is 0 Å². The molecule has 0 bridgehead atoms. The third-order valence-electron chi connectivity index (χ3n) is 4.79. The molecule has 2 heterocycles. The van der Waals surface area contributed by atoms with E-state index < -0.39 is 0 Å². The van der Waals surface area contributed by atoms with Crippen molar-refractivity contribution in [3.05, 3.63) is 76.2 Å². The van der Waals surface area contributed by atoms with E-state index in [1.807, 2.05) is 54.2 Å². The first kappa shape index (κ1) is 21.2. The van der Waals surface area contributed by atoms with Crippen LogP contribution in [-0.2, 0) is 11.3 Å². The molecule has 1 saturated heterocycles. The van der Waals surface area contributed by atoms with E-state index in [1.165, 1.54) is 5.56 Å². The molecule has 0 saturated carbocycles. The normalized spacial score (nSPS) is 15.3. The summed E-state index contributed by atoms with van der Waals surface area (Å²) >= 11 is 9.52. The van der Waals surface area contributed by atoms with E-state index in [2.05, 4.69) is 38.3 Å². The quantitative estimate of drug-likeness (QED) is 0.570. The Hall–Kier alpha value is -2.06. The van der Waals surface area contributed by atoms with Gasteiger partial charge in [-0.25, -0.2) is 5.43 Å². The molecule has 3 aromatic rings. The molecular formula is C22H23ClN4OS2. The van der Waals surface area contributed by atoms with Crippen LogP contribution in [0.4, 0.5) is 0 Å². The number of aromatic nitrogens is 1. The van der Waals surface area contributed by atoms with Gasteiger partial charge in [-0.05, 0) is 23.3 Å². The zero-order valence-corrected chi connectivity index (χ0v) is 18.8. The first-order valence-corrected chi connectivity index (χ1v) is 12.1. The van der Waals surface area contributed by atoms with Crippen molar-refractivity contribution in [3.8, 4) is 10.4 Å². The largest absolute Gasteiger partial charge is 0.317 e. The number of rotatable bonds is 6. The zero-order valence-electron chi connectivity index (χ0n) is 16.5. The fourth-order valence-corrected chi connectivity index (χ4v) is 5.28. The highest BCUT2D eigenvalue weighted by Gasteiger charge is 2.14.